The molecule has 3 saturated heterocycles. The van der Waals surface area contributed by atoms with Gasteiger partial charge in [-0.3, -0.25) is 0 Å². The molecule has 0 radical (unpaired) electrons. The Hall–Kier alpha value is -7.34. The quantitative estimate of drug-likeness (QED) is 0.0631. The Labute approximate surface area is 477 Å². The molecule has 446 valence electrons. The molecule has 24 nitrogen and oxygen atoms in total. The first-order valence-electron chi connectivity index (χ1n) is 26.8. The molecule has 0 spiro atoms. The molecular formula is C60H62O24. The van der Waals surface area contributed by atoms with Crippen LogP contribution in [0.4, 0.5) is 0 Å². The molecule has 6 aromatic rings. The number of benzene rings is 6. The molecule has 19 atom stereocenters. The van der Waals surface area contributed by atoms with Crippen LogP contribution >= 0.6 is 0 Å². The summed E-state index contributed by atoms with van der Waals surface area (Å²) < 4.78 is 50.0. The number of phenols is 4. The van der Waals surface area contributed by atoms with Crippen LogP contribution < -0.4 is 23.7 Å². The monoisotopic (exact) mass is 1170 g/mol. The van der Waals surface area contributed by atoms with Gasteiger partial charge in [-0.1, -0.05) is 48.6 Å². The Kier molecular flexibility index (Phi) is 16.7. The lowest BCUT2D eigenvalue weighted by Crippen LogP contribution is -2.60. The van der Waals surface area contributed by atoms with Gasteiger partial charge in [0, 0.05) is 29.3 Å². The Balaban J connectivity index is 1.14. The van der Waals surface area contributed by atoms with Crippen LogP contribution in [0.5, 0.6) is 51.7 Å². The Bertz CT molecular complexity index is 3300. The van der Waals surface area contributed by atoms with Gasteiger partial charge < -0.3 is 120 Å². The van der Waals surface area contributed by atoms with Crippen LogP contribution in [0.3, 0.4) is 0 Å². The number of ether oxygens (including phenoxy) is 8. The first-order valence-corrected chi connectivity index (χ1v) is 26.8. The maximum Gasteiger partial charge on any atom is 0.229 e. The van der Waals surface area contributed by atoms with Crippen molar-refractivity contribution in [3.05, 3.63) is 160 Å². The maximum absolute atomic E-state index is 11.6. The molecule has 24 heteroatoms. The number of aliphatic hydroxyl groups is 12. The fourth-order valence-electron chi connectivity index (χ4n) is 11.4. The highest BCUT2D eigenvalue weighted by molar-refractivity contribution is 5.76. The molecular weight excluding hydrogens is 1100 g/mol. The lowest BCUT2D eigenvalue weighted by Gasteiger charge is -2.39. The number of rotatable bonds is 15. The van der Waals surface area contributed by atoms with Crippen molar-refractivity contribution >= 4 is 12.2 Å². The lowest BCUT2D eigenvalue weighted by atomic mass is 9.75. The Morgan fingerprint density at radius 2 is 0.774 bits per heavy atom. The first-order chi connectivity index (χ1) is 40.3. The zero-order chi connectivity index (χ0) is 59.4. The predicted molar refractivity (Wildman–Crippen MR) is 288 cm³/mol. The van der Waals surface area contributed by atoms with Crippen molar-refractivity contribution in [2.75, 3.05) is 19.8 Å². The second kappa shape index (κ2) is 24.0. The summed E-state index contributed by atoms with van der Waals surface area (Å²) in [5.74, 6) is -2.56. The standard InChI is InChI=1S/C60H62O24/c61-22-40-47(68)50(71)53(74)58(82-40)77-34-17-29(15-33(67)18-34)44-45-37(19-36(79-60-55(76)52(73)49(70)42(24-63)84-60)21-39(45)81-56(44)26-5-11-31(65)12-6-26)46-43-28(4-1-25-2-9-30(64)10-3-25)16-35(78-59-54(75)51(72)48(69)41(23-62)83-59)20-38(43)80-57(46)27-7-13-32(66)14-8-27/h1-21,40-42,44,46-76H,22-24H2/t40-,41-,42-,44-,46+,47-,48-,49-,50+,51+,52+,53-,54-,55-,56+,57-,58-,59-,60-/m1/s1. The highest BCUT2D eigenvalue weighted by Crippen LogP contribution is 2.60. The van der Waals surface area contributed by atoms with E-state index in [-0.39, 0.29) is 57.3 Å². The largest absolute Gasteiger partial charge is 0.508 e. The summed E-state index contributed by atoms with van der Waals surface area (Å²) in [5, 5.41) is 171. The smallest absolute Gasteiger partial charge is 0.229 e. The number of hydrogen-bond acceptors (Lipinski definition) is 24. The highest BCUT2D eigenvalue weighted by atomic mass is 16.7. The van der Waals surface area contributed by atoms with Gasteiger partial charge in [0.2, 0.25) is 18.9 Å². The SMILES string of the molecule is OC[C@H]1O[C@@H](Oc2cc(O)cc([C@@H]3c4c(cc(O[C@@H]5O[C@H](CO)[C@@H](O)[C@H](O)[C@H]5O)cc4[C@H]4c5c(C=Cc6ccc(O)cc6)cc(O[C@@H]6O[C@H](CO)[C@@H](O)[C@H](O)[C@H]6O)cc5O[C@@H]4c4ccc(O)cc4)O[C@H]3c3ccc(O)cc3)c2)[C@H](O)[C@@H](O)[C@@H]1O. The zero-order valence-corrected chi connectivity index (χ0v) is 44.1. The molecule has 5 heterocycles. The fraction of sp³-hybridized carbons (Fsp3) is 0.367. The topological polar surface area (TPSA) is 398 Å². The summed E-state index contributed by atoms with van der Waals surface area (Å²) >= 11 is 0. The van der Waals surface area contributed by atoms with Crippen LogP contribution in [0.2, 0.25) is 0 Å². The number of fused-ring (bicyclic) bond motifs is 2. The minimum atomic E-state index is -1.88. The summed E-state index contributed by atoms with van der Waals surface area (Å²) in [6, 6.07) is 28.7. The third kappa shape index (κ3) is 11.3. The van der Waals surface area contributed by atoms with Crippen LogP contribution in [-0.2, 0) is 14.2 Å². The molecule has 0 unspecified atom stereocenters. The van der Waals surface area contributed by atoms with Gasteiger partial charge in [-0.15, -0.1) is 0 Å². The molecule has 0 aliphatic carbocycles. The molecule has 3 fully saturated rings. The normalized spacial score (nSPS) is 32.7. The van der Waals surface area contributed by atoms with Crippen molar-refractivity contribution in [3.8, 4) is 51.7 Å². The van der Waals surface area contributed by atoms with E-state index >= 15 is 0 Å². The number of aromatic hydroxyl groups is 4. The maximum atomic E-state index is 11.6. The first kappa shape index (κ1) is 58.4. The van der Waals surface area contributed by atoms with E-state index < -0.39 is 136 Å². The molecule has 5 aliphatic rings. The van der Waals surface area contributed by atoms with Gasteiger partial charge in [0.1, 0.15) is 137 Å². The van der Waals surface area contributed by atoms with Gasteiger partial charge >= 0.3 is 0 Å². The predicted octanol–water partition coefficient (Wildman–Crippen LogP) is 0.747. The Morgan fingerprint density at radius 1 is 0.369 bits per heavy atom. The number of phenolic OH excluding ortho intramolecular Hbond substituents is 4. The molecule has 84 heavy (non-hydrogen) atoms. The van der Waals surface area contributed by atoms with Crippen LogP contribution in [-0.4, -0.2) is 194 Å². The fourth-order valence-corrected chi connectivity index (χ4v) is 11.4. The van der Waals surface area contributed by atoms with Gasteiger partial charge in [0.15, 0.2) is 0 Å². The van der Waals surface area contributed by atoms with E-state index in [1.165, 1.54) is 66.7 Å². The molecule has 0 bridgehead atoms. The van der Waals surface area contributed by atoms with Gasteiger partial charge in [0.25, 0.3) is 0 Å². The van der Waals surface area contributed by atoms with E-state index in [4.69, 9.17) is 37.9 Å². The minimum Gasteiger partial charge on any atom is -0.508 e. The third-order valence-corrected chi connectivity index (χ3v) is 15.7. The minimum absolute atomic E-state index is 0.00114. The molecule has 16 N–H and O–H groups in total. The summed E-state index contributed by atoms with van der Waals surface area (Å²) in [7, 11) is 0. The van der Waals surface area contributed by atoms with Crippen molar-refractivity contribution in [3.63, 3.8) is 0 Å². The summed E-state index contributed by atoms with van der Waals surface area (Å²) in [6.45, 7) is -2.28. The molecule has 0 aromatic heterocycles. The average Bonchev–Trinajstić information content (AvgIpc) is 2.02. The van der Waals surface area contributed by atoms with Crippen LogP contribution in [0.15, 0.2) is 115 Å². The van der Waals surface area contributed by atoms with E-state index in [1.54, 1.807) is 60.7 Å². The lowest BCUT2D eigenvalue weighted by molar-refractivity contribution is -0.277. The van der Waals surface area contributed by atoms with Crippen LogP contribution in [0, 0.1) is 0 Å². The van der Waals surface area contributed by atoms with E-state index in [0.29, 0.717) is 38.9 Å². The van der Waals surface area contributed by atoms with E-state index in [1.807, 2.05) is 0 Å². The second-order valence-electron chi connectivity index (χ2n) is 21.2. The summed E-state index contributed by atoms with van der Waals surface area (Å²) in [4.78, 5) is 0. The van der Waals surface area contributed by atoms with Crippen molar-refractivity contribution in [2.45, 2.75) is 116 Å². The van der Waals surface area contributed by atoms with E-state index in [2.05, 4.69) is 0 Å². The highest BCUT2D eigenvalue weighted by Gasteiger charge is 2.50. The van der Waals surface area contributed by atoms with Crippen molar-refractivity contribution in [2.24, 2.45) is 0 Å². The molecule has 6 aromatic carbocycles. The van der Waals surface area contributed by atoms with Crippen molar-refractivity contribution in [1.29, 1.82) is 0 Å². The molecule has 0 saturated carbocycles. The van der Waals surface area contributed by atoms with Crippen LogP contribution in [0.25, 0.3) is 12.2 Å². The Morgan fingerprint density at radius 3 is 1.23 bits per heavy atom. The number of hydrogen-bond donors (Lipinski definition) is 16. The number of aliphatic hydroxyl groups excluding tert-OH is 12. The third-order valence-electron chi connectivity index (χ3n) is 15.7. The van der Waals surface area contributed by atoms with Gasteiger partial charge in [-0.05, 0) is 94.0 Å². The van der Waals surface area contributed by atoms with E-state index in [9.17, 15) is 81.7 Å². The van der Waals surface area contributed by atoms with Crippen molar-refractivity contribution in [1.82, 2.24) is 0 Å². The van der Waals surface area contributed by atoms with Crippen molar-refractivity contribution < 1.29 is 120 Å². The zero-order valence-electron chi connectivity index (χ0n) is 44.1. The molecule has 5 aliphatic heterocycles. The van der Waals surface area contributed by atoms with Gasteiger partial charge in [0.05, 0.1) is 31.7 Å². The van der Waals surface area contributed by atoms with Crippen LogP contribution in [0.1, 0.15) is 68.6 Å². The molecule has 11 rings (SSSR count). The second-order valence-corrected chi connectivity index (χ2v) is 21.2. The molecule has 0 amide bonds. The van der Waals surface area contributed by atoms with Gasteiger partial charge in [-0.2, -0.15) is 0 Å². The summed E-state index contributed by atoms with van der Waals surface area (Å²) in [6.07, 6.45) is -24.0. The van der Waals surface area contributed by atoms with Gasteiger partial charge in [-0.25, -0.2) is 0 Å². The average molecular weight is 1170 g/mol. The van der Waals surface area contributed by atoms with E-state index in [0.717, 1.165) is 0 Å². The summed E-state index contributed by atoms with van der Waals surface area (Å²) in [5.41, 5.74) is 3.39.